The largest absolute Gasteiger partial charge is 0.480 e. The zero-order chi connectivity index (χ0) is 13.0. The summed E-state index contributed by atoms with van der Waals surface area (Å²) in [6, 6.07) is 5.59. The first-order valence-electron chi connectivity index (χ1n) is 5.32. The molecular formula is C12H16N2O3. The van der Waals surface area contributed by atoms with Crippen LogP contribution >= 0.6 is 0 Å². The van der Waals surface area contributed by atoms with Crippen molar-refractivity contribution in [3.8, 4) is 0 Å². The summed E-state index contributed by atoms with van der Waals surface area (Å²) >= 11 is 0. The van der Waals surface area contributed by atoms with Gasteiger partial charge < -0.3 is 15.7 Å². The zero-order valence-electron chi connectivity index (χ0n) is 9.88. The number of hydrogen-bond acceptors (Lipinski definition) is 3. The molecule has 1 aromatic carbocycles. The number of amides is 1. The molecule has 0 bridgehead atoms. The van der Waals surface area contributed by atoms with Crippen molar-refractivity contribution in [3.05, 3.63) is 29.8 Å². The van der Waals surface area contributed by atoms with Gasteiger partial charge in [-0.25, -0.2) is 4.79 Å². The van der Waals surface area contributed by atoms with Crippen LogP contribution in [0.15, 0.2) is 24.3 Å². The third-order valence-electron chi connectivity index (χ3n) is 2.62. The lowest BCUT2D eigenvalue weighted by Gasteiger charge is -2.23. The predicted molar refractivity (Wildman–Crippen MR) is 64.7 cm³/mol. The first-order chi connectivity index (χ1) is 7.97. The van der Waals surface area contributed by atoms with Crippen molar-refractivity contribution in [2.45, 2.75) is 19.4 Å². The lowest BCUT2D eigenvalue weighted by Crippen LogP contribution is -2.41. The van der Waals surface area contributed by atoms with E-state index in [1.54, 1.807) is 31.2 Å². The minimum Gasteiger partial charge on any atom is -0.480 e. The molecule has 1 aromatic rings. The van der Waals surface area contributed by atoms with Crippen LogP contribution in [0.1, 0.15) is 23.7 Å². The Morgan fingerprint density at radius 3 is 2.29 bits per heavy atom. The highest BCUT2D eigenvalue weighted by molar-refractivity contribution is 5.96. The molecule has 1 rings (SSSR count). The molecule has 1 amide bonds. The van der Waals surface area contributed by atoms with Gasteiger partial charge in [0.25, 0.3) is 5.91 Å². The standard InChI is InChI=1S/C12H16N2O3/c1-3-10(12(16)17)14(2)11(15)8-4-6-9(13)7-5-8/h4-7,10H,3,13H2,1-2H3,(H,16,17). The van der Waals surface area contributed by atoms with Gasteiger partial charge in [-0.15, -0.1) is 0 Å². The molecule has 0 saturated heterocycles. The van der Waals surface area contributed by atoms with Crippen LogP contribution in [0.25, 0.3) is 0 Å². The fraction of sp³-hybridized carbons (Fsp3) is 0.333. The van der Waals surface area contributed by atoms with Crippen molar-refractivity contribution in [2.75, 3.05) is 12.8 Å². The van der Waals surface area contributed by atoms with Crippen LogP contribution in [0.5, 0.6) is 0 Å². The Morgan fingerprint density at radius 2 is 1.88 bits per heavy atom. The zero-order valence-corrected chi connectivity index (χ0v) is 9.88. The van der Waals surface area contributed by atoms with Crippen molar-refractivity contribution in [2.24, 2.45) is 0 Å². The summed E-state index contributed by atoms with van der Waals surface area (Å²) in [5.41, 5.74) is 6.51. The smallest absolute Gasteiger partial charge is 0.326 e. The number of nitrogens with two attached hydrogens (primary N) is 1. The highest BCUT2D eigenvalue weighted by atomic mass is 16.4. The summed E-state index contributed by atoms with van der Waals surface area (Å²) in [7, 11) is 1.49. The van der Waals surface area contributed by atoms with Gasteiger partial charge in [-0.1, -0.05) is 6.92 Å². The summed E-state index contributed by atoms with van der Waals surface area (Å²) < 4.78 is 0. The fourth-order valence-corrected chi connectivity index (χ4v) is 1.59. The molecule has 92 valence electrons. The Bertz CT molecular complexity index is 414. The number of hydrogen-bond donors (Lipinski definition) is 2. The van der Waals surface area contributed by atoms with Crippen LogP contribution < -0.4 is 5.73 Å². The average Bonchev–Trinajstić information content (AvgIpc) is 2.29. The summed E-state index contributed by atoms with van der Waals surface area (Å²) in [4.78, 5) is 24.2. The van der Waals surface area contributed by atoms with E-state index < -0.39 is 12.0 Å². The number of anilines is 1. The maximum atomic E-state index is 12.0. The van der Waals surface area contributed by atoms with E-state index in [1.165, 1.54) is 11.9 Å². The van der Waals surface area contributed by atoms with E-state index in [1.807, 2.05) is 0 Å². The van der Waals surface area contributed by atoms with E-state index in [4.69, 9.17) is 10.8 Å². The van der Waals surface area contributed by atoms with Crippen LogP contribution in [0, 0.1) is 0 Å². The first-order valence-corrected chi connectivity index (χ1v) is 5.32. The number of nitrogens with zero attached hydrogens (tertiary/aromatic N) is 1. The molecule has 17 heavy (non-hydrogen) atoms. The number of carbonyl (C=O) groups excluding carboxylic acids is 1. The van der Waals surface area contributed by atoms with Gasteiger partial charge >= 0.3 is 5.97 Å². The SMILES string of the molecule is CCC(C(=O)O)N(C)C(=O)c1ccc(N)cc1. The molecule has 5 heteroatoms. The van der Waals surface area contributed by atoms with Crippen LogP contribution in [0.3, 0.4) is 0 Å². The Morgan fingerprint density at radius 1 is 1.35 bits per heavy atom. The molecule has 1 atom stereocenters. The molecule has 3 N–H and O–H groups in total. The monoisotopic (exact) mass is 236 g/mol. The van der Waals surface area contributed by atoms with Gasteiger partial charge in [0.15, 0.2) is 0 Å². The van der Waals surface area contributed by atoms with Crippen molar-refractivity contribution < 1.29 is 14.7 Å². The second kappa shape index (κ2) is 5.34. The molecule has 0 saturated carbocycles. The minimum absolute atomic E-state index is 0.320. The molecule has 1 unspecified atom stereocenters. The molecule has 0 aromatic heterocycles. The number of carbonyl (C=O) groups is 2. The highest BCUT2D eigenvalue weighted by Crippen LogP contribution is 2.11. The Labute approximate surface area is 99.8 Å². The van der Waals surface area contributed by atoms with Crippen LogP contribution in [0.4, 0.5) is 5.69 Å². The van der Waals surface area contributed by atoms with Gasteiger partial charge in [0.1, 0.15) is 6.04 Å². The molecule has 0 spiro atoms. The number of rotatable bonds is 4. The summed E-state index contributed by atoms with van der Waals surface area (Å²) in [5, 5.41) is 8.97. The van der Waals surface area contributed by atoms with E-state index in [2.05, 4.69) is 0 Å². The Hall–Kier alpha value is -2.04. The Kier molecular flexibility index (Phi) is 4.09. The minimum atomic E-state index is -1.00. The van der Waals surface area contributed by atoms with Crippen LogP contribution in [-0.2, 0) is 4.79 Å². The van der Waals surface area contributed by atoms with Gasteiger partial charge in [0, 0.05) is 18.3 Å². The number of carboxylic acids is 1. The first kappa shape index (κ1) is 13.0. The van der Waals surface area contributed by atoms with E-state index in [0.717, 1.165) is 0 Å². The van der Waals surface area contributed by atoms with Crippen LogP contribution in [-0.4, -0.2) is 35.0 Å². The van der Waals surface area contributed by atoms with Crippen molar-refractivity contribution in [1.82, 2.24) is 4.90 Å². The quantitative estimate of drug-likeness (QED) is 0.769. The molecule has 5 nitrogen and oxygen atoms in total. The van der Waals surface area contributed by atoms with Gasteiger partial charge in [-0.3, -0.25) is 4.79 Å². The highest BCUT2D eigenvalue weighted by Gasteiger charge is 2.25. The van der Waals surface area contributed by atoms with Gasteiger partial charge in [-0.2, -0.15) is 0 Å². The van der Waals surface area contributed by atoms with Gasteiger partial charge in [-0.05, 0) is 30.7 Å². The van der Waals surface area contributed by atoms with E-state index >= 15 is 0 Å². The number of likely N-dealkylation sites (N-methyl/N-ethyl adjacent to an activating group) is 1. The number of benzene rings is 1. The predicted octanol–water partition coefficient (Wildman–Crippen LogP) is 1.20. The Balaban J connectivity index is 2.89. The number of carboxylic acid groups (broad SMARTS) is 1. The van der Waals surface area contributed by atoms with E-state index in [-0.39, 0.29) is 5.91 Å². The summed E-state index contributed by atoms with van der Waals surface area (Å²) in [5.74, 6) is -1.32. The molecule has 0 radical (unpaired) electrons. The van der Waals surface area contributed by atoms with Crippen LogP contribution in [0.2, 0.25) is 0 Å². The molecule has 0 aliphatic carbocycles. The molecule has 0 aliphatic heterocycles. The molecule has 0 aliphatic rings. The molecular weight excluding hydrogens is 220 g/mol. The third-order valence-corrected chi connectivity index (χ3v) is 2.62. The number of nitrogen functional groups attached to an aromatic ring is 1. The van der Waals surface area contributed by atoms with E-state index in [9.17, 15) is 9.59 Å². The van der Waals surface area contributed by atoms with Crippen molar-refractivity contribution in [1.29, 1.82) is 0 Å². The third kappa shape index (κ3) is 2.96. The van der Waals surface area contributed by atoms with Gasteiger partial charge in [0.05, 0.1) is 0 Å². The topological polar surface area (TPSA) is 83.6 Å². The maximum Gasteiger partial charge on any atom is 0.326 e. The normalized spacial score (nSPS) is 11.9. The van der Waals surface area contributed by atoms with Gasteiger partial charge in [0.2, 0.25) is 0 Å². The maximum absolute atomic E-state index is 12.0. The molecule has 0 fully saturated rings. The molecule has 0 heterocycles. The number of aliphatic carboxylic acids is 1. The lowest BCUT2D eigenvalue weighted by molar-refractivity contribution is -0.142. The van der Waals surface area contributed by atoms with Crippen molar-refractivity contribution in [3.63, 3.8) is 0 Å². The lowest BCUT2D eigenvalue weighted by atomic mass is 10.1. The average molecular weight is 236 g/mol. The van der Waals surface area contributed by atoms with Crippen molar-refractivity contribution >= 4 is 17.6 Å². The summed E-state index contributed by atoms with van der Waals surface area (Å²) in [6.45, 7) is 1.73. The van der Waals surface area contributed by atoms with E-state index in [0.29, 0.717) is 17.7 Å². The second-order valence-electron chi connectivity index (χ2n) is 3.80. The fourth-order valence-electron chi connectivity index (χ4n) is 1.59. The summed E-state index contributed by atoms with van der Waals surface area (Å²) in [6.07, 6.45) is 0.368. The second-order valence-corrected chi connectivity index (χ2v) is 3.80.